The predicted molar refractivity (Wildman–Crippen MR) is 142 cm³/mol. The van der Waals surface area contributed by atoms with Crippen LogP contribution in [-0.4, -0.2) is 70.3 Å². The molecule has 2 heterocycles. The van der Waals surface area contributed by atoms with E-state index in [1.54, 1.807) is 31.2 Å². The molecule has 5 atom stereocenters. The van der Waals surface area contributed by atoms with Crippen molar-refractivity contribution in [3.05, 3.63) is 75.1 Å². The monoisotopic (exact) mass is 554 g/mol. The molecular formula is C29H30O11. The molecule has 1 fully saturated rings. The summed E-state index contributed by atoms with van der Waals surface area (Å²) in [5.41, 5.74) is 0.246. The Bertz CT molecular complexity index is 1490. The molecule has 0 saturated carbocycles. The fraction of sp³-hybridized carbons (Fsp3) is 0.345. The van der Waals surface area contributed by atoms with Crippen LogP contribution in [0.4, 0.5) is 0 Å². The molecule has 2 aromatic carbocycles. The van der Waals surface area contributed by atoms with Crippen LogP contribution in [0.3, 0.4) is 0 Å². The first-order valence-electron chi connectivity index (χ1n) is 12.5. The molecule has 3 aromatic rings. The summed E-state index contributed by atoms with van der Waals surface area (Å²) in [7, 11) is 1.52. The highest BCUT2D eigenvalue weighted by molar-refractivity contribution is 5.88. The highest BCUT2D eigenvalue weighted by Gasteiger charge is 2.48. The minimum atomic E-state index is -1.75. The van der Waals surface area contributed by atoms with Gasteiger partial charge in [0.25, 0.3) is 0 Å². The third-order valence-corrected chi connectivity index (χ3v) is 6.62. The molecule has 0 aliphatic carbocycles. The number of esters is 1. The molecule has 0 spiro atoms. The summed E-state index contributed by atoms with van der Waals surface area (Å²) in [5.74, 6) is -0.932. The average molecular weight is 555 g/mol. The van der Waals surface area contributed by atoms with Gasteiger partial charge in [-0.2, -0.15) is 0 Å². The SMILES string of the molecule is COc1ccc(/C=C/C(=O)O[C@@H]2[C@@H](O)[C@H](O)[C@@H](CO)O[C@H]2c2c(O)cc(C)c3c(=O)cc(CC(C)=O)oc23)cc1. The Labute approximate surface area is 228 Å². The van der Waals surface area contributed by atoms with E-state index in [-0.39, 0.29) is 34.5 Å². The number of ketones is 1. The van der Waals surface area contributed by atoms with Gasteiger partial charge in [-0.25, -0.2) is 4.79 Å². The summed E-state index contributed by atoms with van der Waals surface area (Å²) < 4.78 is 22.3. The standard InChI is InChI=1S/C29H30O11/c1-14-10-19(32)24(27-23(14)20(33)12-18(38-27)11-15(2)31)28-29(26(36)25(35)21(13-30)39-28)40-22(34)9-6-16-4-7-17(37-3)8-5-16/h4-10,12,21,25-26,28-30,32,35-36H,11,13H2,1-3H3/b9-6+/t21-,25-,26+,28+,29-/m1/s1. The number of aromatic hydroxyl groups is 1. The number of benzene rings is 2. The van der Waals surface area contributed by atoms with Crippen LogP contribution in [0.15, 0.2) is 51.7 Å². The van der Waals surface area contributed by atoms with Crippen molar-refractivity contribution in [2.24, 2.45) is 0 Å². The molecule has 11 heteroatoms. The summed E-state index contributed by atoms with van der Waals surface area (Å²) in [6.07, 6.45) is -5.43. The number of phenols is 1. The van der Waals surface area contributed by atoms with Crippen molar-refractivity contribution in [3.8, 4) is 11.5 Å². The second-order valence-corrected chi connectivity index (χ2v) is 9.55. The third-order valence-electron chi connectivity index (χ3n) is 6.62. The van der Waals surface area contributed by atoms with E-state index in [0.717, 1.165) is 6.08 Å². The Balaban J connectivity index is 1.78. The van der Waals surface area contributed by atoms with E-state index in [2.05, 4.69) is 0 Å². The Hall–Kier alpha value is -4.03. The molecule has 11 nitrogen and oxygen atoms in total. The lowest BCUT2D eigenvalue weighted by atomic mass is 9.89. The molecule has 40 heavy (non-hydrogen) atoms. The maximum absolute atomic E-state index is 13.0. The van der Waals surface area contributed by atoms with Crippen LogP contribution in [0.1, 0.15) is 35.5 Å². The van der Waals surface area contributed by atoms with E-state index in [1.807, 2.05) is 0 Å². The van der Waals surface area contributed by atoms with Crippen molar-refractivity contribution in [2.75, 3.05) is 13.7 Å². The molecule has 0 radical (unpaired) electrons. The van der Waals surface area contributed by atoms with Crippen LogP contribution in [-0.2, 0) is 25.5 Å². The van der Waals surface area contributed by atoms with E-state index in [4.69, 9.17) is 18.6 Å². The van der Waals surface area contributed by atoms with E-state index < -0.39 is 54.3 Å². The number of carbonyl (C=O) groups is 2. The number of ether oxygens (including phenoxy) is 3. The number of phenolic OH excluding ortho intramolecular Hbond substituents is 1. The number of hydrogen-bond acceptors (Lipinski definition) is 11. The molecule has 4 rings (SSSR count). The van der Waals surface area contributed by atoms with E-state index >= 15 is 0 Å². The molecule has 0 unspecified atom stereocenters. The lowest BCUT2D eigenvalue weighted by molar-refractivity contribution is -0.239. The predicted octanol–water partition coefficient (Wildman–Crippen LogP) is 1.73. The van der Waals surface area contributed by atoms with Crippen molar-refractivity contribution in [1.29, 1.82) is 0 Å². The summed E-state index contributed by atoms with van der Waals surface area (Å²) in [6.45, 7) is 2.18. The fourth-order valence-electron chi connectivity index (χ4n) is 4.69. The number of fused-ring (bicyclic) bond motifs is 1. The van der Waals surface area contributed by atoms with Gasteiger partial charge < -0.3 is 39.1 Å². The van der Waals surface area contributed by atoms with Crippen LogP contribution in [0.2, 0.25) is 0 Å². The molecule has 4 N–H and O–H groups in total. The summed E-state index contributed by atoms with van der Waals surface area (Å²) >= 11 is 0. The lowest BCUT2D eigenvalue weighted by Crippen LogP contribution is -2.56. The molecule has 0 amide bonds. The third kappa shape index (κ3) is 5.92. The molecular weight excluding hydrogens is 524 g/mol. The summed E-state index contributed by atoms with van der Waals surface area (Å²) in [5, 5.41) is 42.3. The molecule has 0 bridgehead atoms. The van der Waals surface area contributed by atoms with Gasteiger partial charge in [-0.15, -0.1) is 0 Å². The maximum Gasteiger partial charge on any atom is 0.331 e. The van der Waals surface area contributed by atoms with Gasteiger partial charge in [0.2, 0.25) is 0 Å². The van der Waals surface area contributed by atoms with Gasteiger partial charge >= 0.3 is 5.97 Å². The van der Waals surface area contributed by atoms with E-state index in [9.17, 15) is 34.8 Å². The van der Waals surface area contributed by atoms with Crippen molar-refractivity contribution >= 4 is 28.8 Å². The number of carbonyl (C=O) groups excluding carboxylic acids is 2. The second-order valence-electron chi connectivity index (χ2n) is 9.55. The van der Waals surface area contributed by atoms with Crippen molar-refractivity contribution in [1.82, 2.24) is 0 Å². The lowest BCUT2D eigenvalue weighted by Gasteiger charge is -2.42. The fourth-order valence-corrected chi connectivity index (χ4v) is 4.69. The Morgan fingerprint density at radius 2 is 1.80 bits per heavy atom. The first-order valence-corrected chi connectivity index (χ1v) is 12.5. The van der Waals surface area contributed by atoms with Gasteiger partial charge in [0, 0.05) is 12.1 Å². The molecule has 1 aromatic heterocycles. The quantitative estimate of drug-likeness (QED) is 0.236. The zero-order valence-corrected chi connectivity index (χ0v) is 22.1. The van der Waals surface area contributed by atoms with Gasteiger partial charge in [0.1, 0.15) is 53.0 Å². The Morgan fingerprint density at radius 1 is 1.10 bits per heavy atom. The summed E-state index contributed by atoms with van der Waals surface area (Å²) in [4.78, 5) is 37.5. The topological polar surface area (TPSA) is 173 Å². The van der Waals surface area contributed by atoms with Gasteiger partial charge in [0.15, 0.2) is 11.5 Å². The highest BCUT2D eigenvalue weighted by Crippen LogP contribution is 2.42. The maximum atomic E-state index is 13.0. The largest absolute Gasteiger partial charge is 0.507 e. The number of aryl methyl sites for hydroxylation is 1. The van der Waals surface area contributed by atoms with Gasteiger partial charge in [-0.3, -0.25) is 9.59 Å². The van der Waals surface area contributed by atoms with Gasteiger partial charge in [-0.1, -0.05) is 12.1 Å². The van der Waals surface area contributed by atoms with Crippen LogP contribution in [0.25, 0.3) is 17.0 Å². The van der Waals surface area contributed by atoms with Gasteiger partial charge in [0.05, 0.1) is 31.1 Å². The van der Waals surface area contributed by atoms with Crippen molar-refractivity contribution in [3.63, 3.8) is 0 Å². The first-order chi connectivity index (χ1) is 19.0. The second kappa shape index (κ2) is 12.0. The van der Waals surface area contributed by atoms with E-state index in [0.29, 0.717) is 16.9 Å². The average Bonchev–Trinajstić information content (AvgIpc) is 2.90. The van der Waals surface area contributed by atoms with Crippen LogP contribution in [0.5, 0.6) is 11.5 Å². The van der Waals surface area contributed by atoms with Gasteiger partial charge in [-0.05, 0) is 49.2 Å². The molecule has 1 aliphatic heterocycles. The van der Waals surface area contributed by atoms with Crippen LogP contribution < -0.4 is 10.2 Å². The van der Waals surface area contributed by atoms with Crippen LogP contribution >= 0.6 is 0 Å². The number of methoxy groups -OCH3 is 1. The van der Waals surface area contributed by atoms with Crippen molar-refractivity contribution < 1.29 is 48.6 Å². The zero-order chi connectivity index (χ0) is 29.1. The van der Waals surface area contributed by atoms with Crippen LogP contribution in [0, 0.1) is 6.92 Å². The van der Waals surface area contributed by atoms with E-state index in [1.165, 1.54) is 32.2 Å². The smallest absolute Gasteiger partial charge is 0.331 e. The minimum absolute atomic E-state index is 0.0299. The number of Topliss-reactive ketones (excluding diaryl/α,β-unsaturated/α-hetero) is 1. The molecule has 1 aliphatic rings. The first kappa shape index (κ1) is 29.0. The highest BCUT2D eigenvalue weighted by atomic mass is 16.6. The Kier molecular flexibility index (Phi) is 8.70. The minimum Gasteiger partial charge on any atom is -0.507 e. The number of aliphatic hydroxyl groups is 3. The van der Waals surface area contributed by atoms with Crippen molar-refractivity contribution in [2.45, 2.75) is 50.8 Å². The Morgan fingerprint density at radius 3 is 2.42 bits per heavy atom. The number of rotatable bonds is 8. The normalized spacial score (nSPS) is 22.9. The molecule has 1 saturated heterocycles. The number of hydrogen-bond donors (Lipinski definition) is 4. The molecule has 212 valence electrons. The number of aliphatic hydroxyl groups excluding tert-OH is 3. The summed E-state index contributed by atoms with van der Waals surface area (Å²) in [6, 6.07) is 9.27. The zero-order valence-electron chi connectivity index (χ0n) is 22.1.